The molecule has 5 nitrogen and oxygen atoms in total. The Labute approximate surface area is 122 Å². The first kappa shape index (κ1) is 15.7. The van der Waals surface area contributed by atoms with Gasteiger partial charge in [-0.2, -0.15) is 0 Å². The van der Waals surface area contributed by atoms with Crippen molar-refractivity contribution in [3.05, 3.63) is 29.0 Å². The fourth-order valence-electron chi connectivity index (χ4n) is 2.03. The van der Waals surface area contributed by atoms with Crippen LogP contribution in [0.3, 0.4) is 0 Å². The molecule has 1 aliphatic heterocycles. The fraction of sp³-hybridized carbons (Fsp3) is 0.455. The Morgan fingerprint density at radius 2 is 2.10 bits per heavy atom. The van der Waals surface area contributed by atoms with E-state index in [0.717, 1.165) is 12.1 Å². The Morgan fingerprint density at radius 3 is 2.65 bits per heavy atom. The Hall–Kier alpha value is -0.700. The van der Waals surface area contributed by atoms with Crippen molar-refractivity contribution in [2.45, 2.75) is 11.3 Å². The first-order chi connectivity index (χ1) is 9.20. The summed E-state index contributed by atoms with van der Waals surface area (Å²) in [6, 6.07) is 3.26. The van der Waals surface area contributed by atoms with E-state index < -0.39 is 30.6 Å². The quantitative estimate of drug-likeness (QED) is 0.892. The Kier molecular flexibility index (Phi) is 4.38. The fourth-order valence-corrected chi connectivity index (χ4v) is 5.23. The van der Waals surface area contributed by atoms with Crippen LogP contribution in [0, 0.1) is 11.7 Å². The van der Waals surface area contributed by atoms with Crippen molar-refractivity contribution in [2.75, 3.05) is 18.1 Å². The number of nitrogens with one attached hydrogen (secondary N) is 1. The van der Waals surface area contributed by atoms with Crippen molar-refractivity contribution in [3.8, 4) is 0 Å². The Balaban J connectivity index is 2.08. The lowest BCUT2D eigenvalue weighted by molar-refractivity contribution is 0.532. The van der Waals surface area contributed by atoms with E-state index in [2.05, 4.69) is 4.72 Å². The van der Waals surface area contributed by atoms with Gasteiger partial charge in [0.05, 0.1) is 11.5 Å². The van der Waals surface area contributed by atoms with Gasteiger partial charge in [0, 0.05) is 11.6 Å². The lowest BCUT2D eigenvalue weighted by Crippen LogP contribution is -2.30. The van der Waals surface area contributed by atoms with Gasteiger partial charge in [-0.25, -0.2) is 25.9 Å². The lowest BCUT2D eigenvalue weighted by Gasteiger charge is -2.11. The second-order valence-corrected chi connectivity index (χ2v) is 9.10. The molecule has 1 aromatic carbocycles. The van der Waals surface area contributed by atoms with Gasteiger partial charge in [0.25, 0.3) is 0 Å². The van der Waals surface area contributed by atoms with Crippen LogP contribution in [-0.2, 0) is 19.9 Å². The van der Waals surface area contributed by atoms with Gasteiger partial charge in [-0.05, 0) is 30.5 Å². The van der Waals surface area contributed by atoms with Crippen molar-refractivity contribution in [1.29, 1.82) is 0 Å². The van der Waals surface area contributed by atoms with Gasteiger partial charge in [-0.1, -0.05) is 11.6 Å². The molecule has 9 heteroatoms. The first-order valence-electron chi connectivity index (χ1n) is 5.85. The van der Waals surface area contributed by atoms with Crippen molar-refractivity contribution in [2.24, 2.45) is 5.92 Å². The summed E-state index contributed by atoms with van der Waals surface area (Å²) in [5.74, 6) is -1.19. The minimum absolute atomic E-state index is 0.0242. The molecule has 2 rings (SSSR count). The molecule has 0 aliphatic carbocycles. The molecule has 1 heterocycles. The van der Waals surface area contributed by atoms with Gasteiger partial charge < -0.3 is 0 Å². The number of hydrogen-bond acceptors (Lipinski definition) is 4. The van der Waals surface area contributed by atoms with E-state index in [0.29, 0.717) is 6.42 Å². The normalized spacial score (nSPS) is 22.0. The molecule has 1 saturated heterocycles. The van der Waals surface area contributed by atoms with Crippen LogP contribution in [0.25, 0.3) is 0 Å². The van der Waals surface area contributed by atoms with Crippen LogP contribution < -0.4 is 4.72 Å². The zero-order valence-corrected chi connectivity index (χ0v) is 12.7. The van der Waals surface area contributed by atoms with Crippen molar-refractivity contribution < 1.29 is 21.2 Å². The molecule has 1 N–H and O–H groups in total. The van der Waals surface area contributed by atoms with Crippen LogP contribution in [0.2, 0.25) is 5.02 Å². The van der Waals surface area contributed by atoms with Crippen LogP contribution in [0.15, 0.2) is 23.1 Å². The van der Waals surface area contributed by atoms with E-state index in [-0.39, 0.29) is 29.0 Å². The number of benzene rings is 1. The molecule has 112 valence electrons. The van der Waals surface area contributed by atoms with Gasteiger partial charge in [0.1, 0.15) is 10.7 Å². The Morgan fingerprint density at radius 1 is 1.40 bits per heavy atom. The van der Waals surface area contributed by atoms with E-state index >= 15 is 0 Å². The largest absolute Gasteiger partial charge is 0.243 e. The third-order valence-corrected chi connectivity index (χ3v) is 6.60. The van der Waals surface area contributed by atoms with E-state index in [9.17, 15) is 21.2 Å². The summed E-state index contributed by atoms with van der Waals surface area (Å²) in [5, 5.41) is 0.100. The third kappa shape index (κ3) is 3.69. The molecule has 0 bridgehead atoms. The minimum Gasteiger partial charge on any atom is -0.229 e. The highest BCUT2D eigenvalue weighted by atomic mass is 35.5. The maximum absolute atomic E-state index is 13.6. The summed E-state index contributed by atoms with van der Waals surface area (Å²) < 4.78 is 62.2. The van der Waals surface area contributed by atoms with Crippen LogP contribution in [0.5, 0.6) is 0 Å². The van der Waals surface area contributed by atoms with Gasteiger partial charge >= 0.3 is 0 Å². The van der Waals surface area contributed by atoms with Gasteiger partial charge in [0.15, 0.2) is 9.84 Å². The molecule has 0 spiro atoms. The molecule has 0 aromatic heterocycles. The summed E-state index contributed by atoms with van der Waals surface area (Å²) in [6.45, 7) is -0.0242. The highest BCUT2D eigenvalue weighted by molar-refractivity contribution is 7.91. The van der Waals surface area contributed by atoms with Crippen LogP contribution in [0.1, 0.15) is 6.42 Å². The van der Waals surface area contributed by atoms with Crippen LogP contribution in [0.4, 0.5) is 4.39 Å². The zero-order valence-electron chi connectivity index (χ0n) is 10.3. The van der Waals surface area contributed by atoms with Gasteiger partial charge in [-0.15, -0.1) is 0 Å². The van der Waals surface area contributed by atoms with E-state index in [4.69, 9.17) is 11.6 Å². The van der Waals surface area contributed by atoms with Crippen LogP contribution >= 0.6 is 11.6 Å². The molecule has 1 unspecified atom stereocenters. The first-order valence-corrected chi connectivity index (χ1v) is 9.53. The van der Waals surface area contributed by atoms with Crippen molar-refractivity contribution >= 4 is 31.5 Å². The van der Waals surface area contributed by atoms with E-state index in [1.165, 1.54) is 6.07 Å². The Bertz CT molecular complexity index is 718. The second-order valence-electron chi connectivity index (χ2n) is 4.70. The highest BCUT2D eigenvalue weighted by Gasteiger charge is 2.29. The molecular weight excluding hydrogens is 329 g/mol. The number of hydrogen-bond donors (Lipinski definition) is 1. The maximum atomic E-state index is 13.6. The predicted octanol–water partition coefficient (Wildman–Crippen LogP) is 1.19. The number of rotatable bonds is 4. The van der Waals surface area contributed by atoms with E-state index in [1.54, 1.807) is 0 Å². The molecule has 20 heavy (non-hydrogen) atoms. The molecule has 1 aromatic rings. The molecule has 0 saturated carbocycles. The summed E-state index contributed by atoms with van der Waals surface area (Å²) in [7, 11) is -7.08. The molecule has 1 atom stereocenters. The average molecular weight is 342 g/mol. The molecule has 1 fully saturated rings. The van der Waals surface area contributed by atoms with Gasteiger partial charge in [0.2, 0.25) is 10.0 Å². The summed E-state index contributed by atoms with van der Waals surface area (Å²) in [6.07, 6.45) is 0.411. The van der Waals surface area contributed by atoms with Crippen LogP contribution in [-0.4, -0.2) is 34.9 Å². The van der Waals surface area contributed by atoms with Gasteiger partial charge in [-0.3, -0.25) is 0 Å². The smallest absolute Gasteiger partial charge is 0.229 e. The molecule has 0 amide bonds. The maximum Gasteiger partial charge on any atom is 0.243 e. The third-order valence-electron chi connectivity index (χ3n) is 3.07. The number of sulfonamides is 1. The topological polar surface area (TPSA) is 80.3 Å². The standard InChI is InChI=1S/C11H13ClFNO4S2/c12-9-1-2-11(10(13)5-9)20(17,18)14-6-8-3-4-19(15,16)7-8/h1-2,5,8,14H,3-4,6-7H2. The molecule has 1 aliphatic rings. The van der Waals surface area contributed by atoms with E-state index in [1.807, 2.05) is 0 Å². The average Bonchev–Trinajstić information content (AvgIpc) is 2.66. The zero-order chi connectivity index (χ0) is 15.0. The highest BCUT2D eigenvalue weighted by Crippen LogP contribution is 2.21. The SMILES string of the molecule is O=S1(=O)CCC(CNS(=O)(=O)c2ccc(Cl)cc2F)C1. The summed E-state index contributed by atoms with van der Waals surface area (Å²) >= 11 is 5.56. The minimum atomic E-state index is -4.01. The molecule has 0 radical (unpaired) electrons. The van der Waals surface area contributed by atoms with Crippen molar-refractivity contribution in [1.82, 2.24) is 4.72 Å². The molecular formula is C11H13ClFNO4S2. The summed E-state index contributed by atoms with van der Waals surface area (Å²) in [5.41, 5.74) is 0. The van der Waals surface area contributed by atoms with Crippen molar-refractivity contribution in [3.63, 3.8) is 0 Å². The second kappa shape index (κ2) is 5.59. The monoisotopic (exact) mass is 341 g/mol. The number of sulfone groups is 1. The number of halogens is 2. The predicted molar refractivity (Wildman–Crippen MR) is 73.4 cm³/mol. The lowest BCUT2D eigenvalue weighted by atomic mass is 10.1. The summed E-state index contributed by atoms with van der Waals surface area (Å²) in [4.78, 5) is -0.497.